The maximum absolute atomic E-state index is 13.9. The standard InChI is InChI=1S/C32H40N4O4S/c1-19(2)29(35(18-37)15-25-10-8-7-9-20(25)3)32(40)36-16-26(38)14-28(36)31(39)34-22(5)27-12-11-24(13-21(27)4)30-23(6)33-17-41-30/h7-13,17-19,22,26,28-29,38H,14-16H2,1-6H3,(H,34,39). The molecule has 4 rings (SSSR count). The fourth-order valence-electron chi connectivity index (χ4n) is 5.74. The molecule has 1 aliphatic rings. The molecule has 1 aromatic heterocycles. The quantitative estimate of drug-likeness (QED) is 0.345. The van der Waals surface area contributed by atoms with Gasteiger partial charge in [0.25, 0.3) is 0 Å². The number of hydrogen-bond acceptors (Lipinski definition) is 6. The van der Waals surface area contributed by atoms with Gasteiger partial charge in [0, 0.05) is 19.5 Å². The molecule has 8 nitrogen and oxygen atoms in total. The smallest absolute Gasteiger partial charge is 0.246 e. The second kappa shape index (κ2) is 13.0. The van der Waals surface area contributed by atoms with Crippen LogP contribution in [0.1, 0.15) is 61.2 Å². The number of nitrogens with one attached hydrogen (secondary N) is 1. The highest BCUT2D eigenvalue weighted by molar-refractivity contribution is 7.13. The van der Waals surface area contributed by atoms with Gasteiger partial charge in [0.1, 0.15) is 12.1 Å². The Hall–Kier alpha value is -3.56. The number of amides is 3. The lowest BCUT2D eigenvalue weighted by atomic mass is 9.98. The molecule has 0 bridgehead atoms. The summed E-state index contributed by atoms with van der Waals surface area (Å²) in [6.45, 7) is 12.0. The van der Waals surface area contributed by atoms with Crippen molar-refractivity contribution in [2.75, 3.05) is 6.54 Å². The van der Waals surface area contributed by atoms with Crippen molar-refractivity contribution in [3.05, 3.63) is 75.9 Å². The summed E-state index contributed by atoms with van der Waals surface area (Å²) in [7, 11) is 0. The van der Waals surface area contributed by atoms with E-state index in [1.807, 2.05) is 83.5 Å². The third-order valence-electron chi connectivity index (χ3n) is 7.96. The first-order chi connectivity index (χ1) is 19.5. The molecule has 2 heterocycles. The molecule has 2 N–H and O–H groups in total. The van der Waals surface area contributed by atoms with Crippen LogP contribution in [-0.2, 0) is 20.9 Å². The summed E-state index contributed by atoms with van der Waals surface area (Å²) in [6, 6.07) is 12.0. The largest absolute Gasteiger partial charge is 0.391 e. The third-order valence-corrected chi connectivity index (χ3v) is 8.94. The number of aromatic nitrogens is 1. The van der Waals surface area contributed by atoms with Gasteiger partial charge < -0.3 is 20.2 Å². The van der Waals surface area contributed by atoms with Crippen LogP contribution in [0.5, 0.6) is 0 Å². The molecular weight excluding hydrogens is 536 g/mol. The van der Waals surface area contributed by atoms with E-state index in [4.69, 9.17) is 0 Å². The number of carbonyl (C=O) groups is 3. The number of rotatable bonds is 10. The number of aliphatic hydroxyl groups excluding tert-OH is 1. The molecule has 41 heavy (non-hydrogen) atoms. The highest BCUT2D eigenvalue weighted by Crippen LogP contribution is 2.31. The number of thiazole rings is 1. The van der Waals surface area contributed by atoms with Crippen molar-refractivity contribution in [2.45, 2.75) is 78.7 Å². The molecule has 4 unspecified atom stereocenters. The second-order valence-electron chi connectivity index (χ2n) is 11.4. The highest BCUT2D eigenvalue weighted by Gasteiger charge is 2.43. The predicted molar refractivity (Wildman–Crippen MR) is 161 cm³/mol. The third kappa shape index (κ3) is 6.68. The Kier molecular flexibility index (Phi) is 9.60. The highest BCUT2D eigenvalue weighted by atomic mass is 32.1. The zero-order valence-corrected chi connectivity index (χ0v) is 25.4. The van der Waals surface area contributed by atoms with Crippen LogP contribution >= 0.6 is 11.3 Å². The summed E-state index contributed by atoms with van der Waals surface area (Å²) < 4.78 is 0. The Morgan fingerprint density at radius 3 is 2.49 bits per heavy atom. The Morgan fingerprint density at radius 1 is 1.15 bits per heavy atom. The molecular formula is C32H40N4O4S. The van der Waals surface area contributed by atoms with Gasteiger partial charge in [0.2, 0.25) is 18.2 Å². The van der Waals surface area contributed by atoms with E-state index in [2.05, 4.69) is 16.4 Å². The van der Waals surface area contributed by atoms with E-state index < -0.39 is 18.2 Å². The van der Waals surface area contributed by atoms with E-state index in [0.717, 1.165) is 38.4 Å². The Morgan fingerprint density at radius 2 is 1.88 bits per heavy atom. The van der Waals surface area contributed by atoms with Gasteiger partial charge in [0.05, 0.1) is 28.2 Å². The summed E-state index contributed by atoms with van der Waals surface area (Å²) in [4.78, 5) is 48.2. The van der Waals surface area contributed by atoms with Gasteiger partial charge in [-0.3, -0.25) is 14.4 Å². The number of likely N-dealkylation sites (tertiary alicyclic amines) is 1. The van der Waals surface area contributed by atoms with Crippen molar-refractivity contribution < 1.29 is 19.5 Å². The Bertz CT molecular complexity index is 1400. The van der Waals surface area contributed by atoms with E-state index in [0.29, 0.717) is 6.41 Å². The minimum Gasteiger partial charge on any atom is -0.391 e. The summed E-state index contributed by atoms with van der Waals surface area (Å²) >= 11 is 1.60. The van der Waals surface area contributed by atoms with E-state index >= 15 is 0 Å². The minimum absolute atomic E-state index is 0.0491. The number of carbonyl (C=O) groups excluding carboxylic acids is 3. The number of benzene rings is 2. The molecule has 1 saturated heterocycles. The second-order valence-corrected chi connectivity index (χ2v) is 12.2. The monoisotopic (exact) mass is 576 g/mol. The van der Waals surface area contributed by atoms with Crippen molar-refractivity contribution in [2.24, 2.45) is 5.92 Å². The average Bonchev–Trinajstić information content (AvgIpc) is 3.54. The van der Waals surface area contributed by atoms with Crippen molar-refractivity contribution in [1.29, 1.82) is 0 Å². The maximum atomic E-state index is 13.9. The molecule has 218 valence electrons. The van der Waals surface area contributed by atoms with Crippen molar-refractivity contribution in [1.82, 2.24) is 20.1 Å². The van der Waals surface area contributed by atoms with Gasteiger partial charge in [0.15, 0.2) is 0 Å². The summed E-state index contributed by atoms with van der Waals surface area (Å²) in [5, 5.41) is 13.6. The van der Waals surface area contributed by atoms with Crippen molar-refractivity contribution >= 4 is 29.6 Å². The normalized spacial score (nSPS) is 18.3. The van der Waals surface area contributed by atoms with Crippen molar-refractivity contribution in [3.8, 4) is 10.4 Å². The van der Waals surface area contributed by atoms with Gasteiger partial charge in [-0.05, 0) is 61.4 Å². The molecule has 4 atom stereocenters. The molecule has 0 spiro atoms. The molecule has 3 amide bonds. The first-order valence-electron chi connectivity index (χ1n) is 14.1. The molecule has 0 radical (unpaired) electrons. The van der Waals surface area contributed by atoms with Gasteiger partial charge in [-0.25, -0.2) is 4.98 Å². The van der Waals surface area contributed by atoms with Crippen LogP contribution in [-0.4, -0.2) is 62.8 Å². The van der Waals surface area contributed by atoms with Crippen LogP contribution in [0.4, 0.5) is 0 Å². The number of aryl methyl sites for hydroxylation is 3. The predicted octanol–water partition coefficient (Wildman–Crippen LogP) is 4.56. The molecule has 3 aromatic rings. The first-order valence-corrected chi connectivity index (χ1v) is 14.9. The lowest BCUT2D eigenvalue weighted by molar-refractivity contribution is -0.147. The molecule has 1 fully saturated rings. The van der Waals surface area contributed by atoms with Crippen LogP contribution in [0.15, 0.2) is 48.0 Å². The van der Waals surface area contributed by atoms with E-state index in [-0.39, 0.29) is 43.3 Å². The van der Waals surface area contributed by atoms with Crippen molar-refractivity contribution in [3.63, 3.8) is 0 Å². The van der Waals surface area contributed by atoms with E-state index in [9.17, 15) is 19.5 Å². The van der Waals surface area contributed by atoms with Gasteiger partial charge >= 0.3 is 0 Å². The number of β-amino-alcohol motifs (C(OH)–C–C–N with tert-alkyl or cyclic N) is 1. The topological polar surface area (TPSA) is 103 Å². The molecule has 9 heteroatoms. The van der Waals surface area contributed by atoms with Crippen LogP contribution in [0, 0.1) is 26.7 Å². The molecule has 2 aromatic carbocycles. The SMILES string of the molecule is Cc1ccccc1CN(C=O)C(C(=O)N1CC(O)CC1C(=O)NC(C)c1ccc(-c2scnc2C)cc1C)C(C)C. The Labute approximate surface area is 246 Å². The van der Waals surface area contributed by atoms with Gasteiger partial charge in [-0.15, -0.1) is 11.3 Å². The maximum Gasteiger partial charge on any atom is 0.246 e. The van der Waals surface area contributed by atoms with Crippen LogP contribution in [0.2, 0.25) is 0 Å². The summed E-state index contributed by atoms with van der Waals surface area (Å²) in [5.41, 5.74) is 7.91. The van der Waals surface area contributed by atoms with Crippen LogP contribution in [0.3, 0.4) is 0 Å². The fraction of sp³-hybridized carbons (Fsp3) is 0.438. The minimum atomic E-state index is -0.826. The number of nitrogens with zero attached hydrogens (tertiary/aromatic N) is 3. The fourth-order valence-corrected chi connectivity index (χ4v) is 6.54. The number of aliphatic hydroxyl groups is 1. The summed E-state index contributed by atoms with van der Waals surface area (Å²) in [6.07, 6.45) is 0.0395. The van der Waals surface area contributed by atoms with Crippen LogP contribution < -0.4 is 5.32 Å². The van der Waals surface area contributed by atoms with E-state index in [1.165, 1.54) is 9.80 Å². The molecule has 1 aliphatic heterocycles. The Balaban J connectivity index is 1.51. The zero-order valence-electron chi connectivity index (χ0n) is 24.6. The lowest BCUT2D eigenvalue weighted by Gasteiger charge is -2.35. The average molecular weight is 577 g/mol. The zero-order chi connectivity index (χ0) is 29.8. The first kappa shape index (κ1) is 30.4. The van der Waals surface area contributed by atoms with E-state index in [1.54, 1.807) is 11.3 Å². The number of hydrogen-bond donors (Lipinski definition) is 2. The summed E-state index contributed by atoms with van der Waals surface area (Å²) in [5.74, 6) is -0.839. The van der Waals surface area contributed by atoms with Gasteiger partial charge in [-0.1, -0.05) is 56.3 Å². The van der Waals surface area contributed by atoms with Gasteiger partial charge in [-0.2, -0.15) is 0 Å². The van der Waals surface area contributed by atoms with Crippen LogP contribution in [0.25, 0.3) is 10.4 Å². The molecule has 0 aliphatic carbocycles. The lowest BCUT2D eigenvalue weighted by Crippen LogP contribution is -2.55. The molecule has 0 saturated carbocycles.